The highest BCUT2D eigenvalue weighted by molar-refractivity contribution is 6.37. The number of ether oxygens (including phenoxy) is 2. The number of hydrogen-bond acceptors (Lipinski definition) is 6. The largest absolute Gasteiger partial charge is 0.497 e. The zero-order valence-corrected chi connectivity index (χ0v) is 19.3. The van der Waals surface area contributed by atoms with Crippen LogP contribution in [0.2, 0.25) is 0 Å². The highest BCUT2D eigenvalue weighted by atomic mass is 16.7. The van der Waals surface area contributed by atoms with Gasteiger partial charge in [-0.2, -0.15) is 0 Å². The van der Waals surface area contributed by atoms with Crippen molar-refractivity contribution in [2.24, 2.45) is 27.8 Å². The fraction of sp³-hybridized carbons (Fsp3) is 0.519. The first-order valence-electron chi connectivity index (χ1n) is 11.8. The Balaban J connectivity index is 1.56. The van der Waals surface area contributed by atoms with Crippen LogP contribution < -0.4 is 4.74 Å². The predicted molar refractivity (Wildman–Crippen MR) is 122 cm³/mol. The molecule has 1 aromatic carbocycles. The highest BCUT2D eigenvalue weighted by Gasteiger charge is 2.81. The molecule has 0 saturated heterocycles. The Morgan fingerprint density at radius 3 is 2.58 bits per heavy atom. The molecule has 2 bridgehead atoms. The first kappa shape index (κ1) is 20.7. The zero-order chi connectivity index (χ0) is 23.1. The third-order valence-electron chi connectivity index (χ3n) is 9.60. The Morgan fingerprint density at radius 1 is 1.09 bits per heavy atom. The molecule has 33 heavy (non-hydrogen) atoms. The van der Waals surface area contributed by atoms with Crippen molar-refractivity contribution in [3.8, 4) is 5.75 Å². The summed E-state index contributed by atoms with van der Waals surface area (Å²) in [4.78, 5) is 32.2. The van der Waals surface area contributed by atoms with E-state index in [2.05, 4.69) is 36.4 Å². The minimum Gasteiger partial charge on any atom is -0.497 e. The van der Waals surface area contributed by atoms with E-state index in [4.69, 9.17) is 14.3 Å². The van der Waals surface area contributed by atoms with Gasteiger partial charge in [0, 0.05) is 29.1 Å². The van der Waals surface area contributed by atoms with Crippen molar-refractivity contribution >= 4 is 17.5 Å². The van der Waals surface area contributed by atoms with Crippen molar-refractivity contribution in [3.63, 3.8) is 0 Å². The third-order valence-corrected chi connectivity index (χ3v) is 9.60. The fourth-order valence-corrected chi connectivity index (χ4v) is 8.29. The molecule has 0 radical (unpaired) electrons. The van der Waals surface area contributed by atoms with Crippen molar-refractivity contribution in [3.05, 3.63) is 54.1 Å². The molecule has 1 aromatic rings. The van der Waals surface area contributed by atoms with Gasteiger partial charge < -0.3 is 14.3 Å². The van der Waals surface area contributed by atoms with Crippen LogP contribution in [0.5, 0.6) is 5.75 Å². The van der Waals surface area contributed by atoms with Gasteiger partial charge in [-0.15, -0.1) is 0 Å². The summed E-state index contributed by atoms with van der Waals surface area (Å²) in [7, 11) is 3.02. The fourth-order valence-electron chi connectivity index (χ4n) is 8.29. The summed E-state index contributed by atoms with van der Waals surface area (Å²) >= 11 is 0. The minimum absolute atomic E-state index is 0.106. The lowest BCUT2D eigenvalue weighted by atomic mass is 9.52. The zero-order valence-electron chi connectivity index (χ0n) is 19.3. The lowest BCUT2D eigenvalue weighted by molar-refractivity contribution is -0.133. The highest BCUT2D eigenvalue weighted by Crippen LogP contribution is 2.81. The Labute approximate surface area is 193 Å². The van der Waals surface area contributed by atoms with E-state index in [1.165, 1.54) is 7.11 Å². The third kappa shape index (κ3) is 2.22. The summed E-state index contributed by atoms with van der Waals surface area (Å²) in [5.74, 6) is 0.0763. The van der Waals surface area contributed by atoms with Crippen LogP contribution in [0.4, 0.5) is 0 Å². The average Bonchev–Trinajstić information content (AvgIpc) is 3.45. The molecule has 0 amide bonds. The van der Waals surface area contributed by atoms with E-state index in [0.29, 0.717) is 6.42 Å². The first-order chi connectivity index (χ1) is 15.9. The minimum atomic E-state index is -0.820. The second kappa shape index (κ2) is 6.58. The number of esters is 1. The molecule has 6 rings (SSSR count). The summed E-state index contributed by atoms with van der Waals surface area (Å²) < 4.78 is 10.3. The molecule has 6 atom stereocenters. The Bertz CT molecular complexity index is 1140. The van der Waals surface area contributed by atoms with Crippen LogP contribution in [0.15, 0.2) is 53.7 Å². The van der Waals surface area contributed by atoms with E-state index >= 15 is 0 Å². The van der Waals surface area contributed by atoms with Crippen LogP contribution in [0.3, 0.4) is 0 Å². The number of carbonyl (C=O) groups is 2. The molecule has 6 nitrogen and oxygen atoms in total. The smallest absolute Gasteiger partial charge is 0.356 e. The molecule has 5 aliphatic rings. The van der Waals surface area contributed by atoms with Gasteiger partial charge in [0.15, 0.2) is 17.1 Å². The molecule has 4 aliphatic carbocycles. The molecule has 172 valence electrons. The van der Waals surface area contributed by atoms with Crippen LogP contribution in [0.1, 0.15) is 44.6 Å². The number of allylic oxidation sites excluding steroid dienone is 3. The van der Waals surface area contributed by atoms with Crippen LogP contribution >= 0.6 is 0 Å². The first-order valence-corrected chi connectivity index (χ1v) is 11.8. The standard InChI is InChI=1S/C27H29NO5/c1-24-11-4-5-12-25(24)14-15-27(24,17-6-8-18(31-2)9-7-17)21-20(29)10-13-26(22(21)25)16-19(28-33-26)23(30)32-3/h6-10,13-15,21-22H,4-5,11-12,16H2,1-3H3/t21?,22?,24-,25-,26+,27+/m0/s1. The van der Waals surface area contributed by atoms with E-state index in [9.17, 15) is 9.59 Å². The number of carbonyl (C=O) groups excluding carboxylic acids is 2. The van der Waals surface area contributed by atoms with E-state index < -0.39 is 17.0 Å². The van der Waals surface area contributed by atoms with Gasteiger partial charge in [-0.25, -0.2) is 4.79 Å². The summed E-state index contributed by atoms with van der Waals surface area (Å²) in [6.45, 7) is 2.37. The Hall–Kier alpha value is -2.89. The molecular formula is C27H29NO5. The van der Waals surface area contributed by atoms with Crippen LogP contribution in [-0.4, -0.2) is 37.3 Å². The van der Waals surface area contributed by atoms with Crippen molar-refractivity contribution < 1.29 is 23.9 Å². The monoisotopic (exact) mass is 447 g/mol. The molecule has 0 N–H and O–H groups in total. The second-order valence-electron chi connectivity index (χ2n) is 10.5. The molecule has 1 heterocycles. The number of benzene rings is 1. The normalized spacial score (nSPS) is 42.0. The van der Waals surface area contributed by atoms with Gasteiger partial charge in [0.25, 0.3) is 0 Å². The van der Waals surface area contributed by atoms with Crippen LogP contribution in [-0.2, 0) is 24.6 Å². The number of methoxy groups -OCH3 is 2. The van der Waals surface area contributed by atoms with Crippen molar-refractivity contribution in [2.75, 3.05) is 14.2 Å². The molecule has 2 fully saturated rings. The molecule has 1 spiro atoms. The number of ketones is 1. The summed E-state index contributed by atoms with van der Waals surface area (Å²) in [6.07, 6.45) is 12.9. The molecule has 1 aliphatic heterocycles. The van der Waals surface area contributed by atoms with Gasteiger partial charge >= 0.3 is 5.97 Å². The number of fused-ring (bicyclic) bond motifs is 3. The number of nitrogens with zero attached hydrogens (tertiary/aromatic N) is 1. The van der Waals surface area contributed by atoms with Crippen molar-refractivity contribution in [1.29, 1.82) is 0 Å². The SMILES string of the molecule is COC(=O)C1=NO[C@]2(C=CC(=O)C3C2[C@]24C=C[C@]3(c3ccc(OC)cc3)[C@@]2(C)CCCC4)C1. The maximum atomic E-state index is 13.7. The number of hydrogen-bond donors (Lipinski definition) is 0. The topological polar surface area (TPSA) is 74.2 Å². The van der Waals surface area contributed by atoms with Crippen LogP contribution in [0, 0.1) is 22.7 Å². The molecule has 2 saturated carbocycles. The summed E-state index contributed by atoms with van der Waals surface area (Å²) in [6, 6.07) is 8.21. The molecule has 2 unspecified atom stereocenters. The molecule has 0 aromatic heterocycles. The van der Waals surface area contributed by atoms with Gasteiger partial charge in [-0.05, 0) is 48.1 Å². The van der Waals surface area contributed by atoms with Gasteiger partial charge in [-0.3, -0.25) is 4.79 Å². The van der Waals surface area contributed by atoms with Crippen molar-refractivity contribution in [2.45, 2.75) is 50.0 Å². The maximum absolute atomic E-state index is 13.7. The molecular weight excluding hydrogens is 418 g/mol. The number of oxime groups is 1. The van der Waals surface area contributed by atoms with Gasteiger partial charge in [0.1, 0.15) is 5.75 Å². The van der Waals surface area contributed by atoms with E-state index in [0.717, 1.165) is 37.0 Å². The Kier molecular flexibility index (Phi) is 4.13. The quantitative estimate of drug-likeness (QED) is 0.514. The van der Waals surface area contributed by atoms with Gasteiger partial charge in [-0.1, -0.05) is 49.2 Å². The van der Waals surface area contributed by atoms with E-state index in [-0.39, 0.29) is 34.2 Å². The van der Waals surface area contributed by atoms with Crippen molar-refractivity contribution in [1.82, 2.24) is 0 Å². The predicted octanol–water partition coefficient (Wildman–Crippen LogP) is 4.14. The van der Waals surface area contributed by atoms with E-state index in [1.807, 2.05) is 18.2 Å². The summed E-state index contributed by atoms with van der Waals surface area (Å²) in [5, 5.41) is 4.17. The van der Waals surface area contributed by atoms with Crippen LogP contribution in [0.25, 0.3) is 0 Å². The van der Waals surface area contributed by atoms with Gasteiger partial charge in [0.2, 0.25) is 0 Å². The maximum Gasteiger partial charge on any atom is 0.356 e. The van der Waals surface area contributed by atoms with Gasteiger partial charge in [0.05, 0.1) is 14.2 Å². The van der Waals surface area contributed by atoms with E-state index in [1.54, 1.807) is 13.2 Å². The second-order valence-corrected chi connectivity index (χ2v) is 10.5. The average molecular weight is 448 g/mol. The number of rotatable bonds is 3. The Morgan fingerprint density at radius 2 is 1.85 bits per heavy atom. The lowest BCUT2D eigenvalue weighted by Crippen LogP contribution is -2.54. The molecule has 6 heteroatoms. The lowest BCUT2D eigenvalue weighted by Gasteiger charge is -2.52. The summed E-state index contributed by atoms with van der Waals surface area (Å²) in [5.41, 5.74) is -0.194.